The molecule has 0 aliphatic carbocycles. The monoisotopic (exact) mass is 295 g/mol. The molecule has 0 amide bonds. The van der Waals surface area contributed by atoms with Crippen LogP contribution in [-0.4, -0.2) is 17.5 Å². The highest BCUT2D eigenvalue weighted by Crippen LogP contribution is 2.32. The van der Waals surface area contributed by atoms with E-state index in [4.69, 9.17) is 20.8 Å². The quantitative estimate of drug-likeness (QED) is 0.488. The topological polar surface area (TPSA) is 82.6 Å². The van der Waals surface area contributed by atoms with Gasteiger partial charge in [-0.05, 0) is 25.1 Å². The SMILES string of the molecule is CCOC(=O)c1ccc(-c2ccc([N+](=O)[O-])cc2Cl)o1. The highest BCUT2D eigenvalue weighted by Gasteiger charge is 2.16. The van der Waals surface area contributed by atoms with Crippen LogP contribution >= 0.6 is 11.6 Å². The molecule has 6 nitrogen and oxygen atoms in total. The molecule has 0 aliphatic rings. The van der Waals surface area contributed by atoms with Crippen LogP contribution in [0.15, 0.2) is 34.7 Å². The second kappa shape index (κ2) is 5.75. The molecular weight excluding hydrogens is 286 g/mol. The number of carbonyl (C=O) groups is 1. The van der Waals surface area contributed by atoms with E-state index < -0.39 is 10.9 Å². The minimum absolute atomic E-state index is 0.0521. The summed E-state index contributed by atoms with van der Waals surface area (Å²) in [5, 5.41) is 10.8. The van der Waals surface area contributed by atoms with Crippen molar-refractivity contribution in [3.8, 4) is 11.3 Å². The van der Waals surface area contributed by atoms with Gasteiger partial charge in [-0.15, -0.1) is 0 Å². The van der Waals surface area contributed by atoms with E-state index in [0.29, 0.717) is 11.3 Å². The van der Waals surface area contributed by atoms with E-state index in [9.17, 15) is 14.9 Å². The zero-order valence-electron chi connectivity index (χ0n) is 10.5. The molecule has 0 spiro atoms. The third-order valence-electron chi connectivity index (χ3n) is 2.51. The van der Waals surface area contributed by atoms with E-state index in [1.807, 2.05) is 0 Å². The van der Waals surface area contributed by atoms with Gasteiger partial charge < -0.3 is 9.15 Å². The van der Waals surface area contributed by atoms with Crippen molar-refractivity contribution < 1.29 is 18.9 Å². The summed E-state index contributed by atoms with van der Waals surface area (Å²) in [6.07, 6.45) is 0. The Morgan fingerprint density at radius 3 is 2.75 bits per heavy atom. The first-order chi connectivity index (χ1) is 9.52. The molecule has 1 aromatic heterocycles. The Hall–Kier alpha value is -2.34. The van der Waals surface area contributed by atoms with Crippen LogP contribution in [0.25, 0.3) is 11.3 Å². The molecule has 1 aromatic carbocycles. The maximum atomic E-state index is 11.5. The molecule has 0 aliphatic heterocycles. The first-order valence-electron chi connectivity index (χ1n) is 5.74. The largest absolute Gasteiger partial charge is 0.460 e. The van der Waals surface area contributed by atoms with E-state index in [1.54, 1.807) is 13.0 Å². The summed E-state index contributed by atoms with van der Waals surface area (Å²) in [5.41, 5.74) is 0.351. The van der Waals surface area contributed by atoms with Gasteiger partial charge in [-0.1, -0.05) is 11.6 Å². The molecule has 0 atom stereocenters. The predicted molar refractivity (Wildman–Crippen MR) is 71.8 cm³/mol. The van der Waals surface area contributed by atoms with Crippen LogP contribution in [-0.2, 0) is 4.74 Å². The molecular formula is C13H10ClNO5. The van der Waals surface area contributed by atoms with Crippen LogP contribution in [0.4, 0.5) is 5.69 Å². The van der Waals surface area contributed by atoms with Gasteiger partial charge in [0.05, 0.1) is 16.6 Å². The van der Waals surface area contributed by atoms with Crippen molar-refractivity contribution in [2.75, 3.05) is 6.61 Å². The summed E-state index contributed by atoms with van der Waals surface area (Å²) >= 11 is 5.98. The Labute approximate surface area is 119 Å². The van der Waals surface area contributed by atoms with Gasteiger partial charge in [0.25, 0.3) is 5.69 Å². The lowest BCUT2D eigenvalue weighted by Crippen LogP contribution is -2.02. The minimum atomic E-state index is -0.572. The molecule has 2 aromatic rings. The van der Waals surface area contributed by atoms with Gasteiger partial charge in [-0.2, -0.15) is 0 Å². The van der Waals surface area contributed by atoms with Crippen molar-refractivity contribution in [3.63, 3.8) is 0 Å². The maximum absolute atomic E-state index is 11.5. The molecule has 20 heavy (non-hydrogen) atoms. The van der Waals surface area contributed by atoms with Gasteiger partial charge in [0.2, 0.25) is 5.76 Å². The molecule has 2 rings (SSSR count). The fraction of sp³-hybridized carbons (Fsp3) is 0.154. The summed E-state index contributed by atoms with van der Waals surface area (Å²) in [5.74, 6) is -0.180. The first kappa shape index (κ1) is 14.1. The van der Waals surface area contributed by atoms with Crippen LogP contribution in [0.3, 0.4) is 0 Å². The zero-order valence-corrected chi connectivity index (χ0v) is 11.2. The summed E-state index contributed by atoms with van der Waals surface area (Å²) < 4.78 is 10.1. The Kier molecular flexibility index (Phi) is 4.05. The number of furan rings is 1. The van der Waals surface area contributed by atoms with E-state index >= 15 is 0 Å². The molecule has 1 heterocycles. The van der Waals surface area contributed by atoms with Crippen molar-refractivity contribution >= 4 is 23.3 Å². The summed E-state index contributed by atoms with van der Waals surface area (Å²) in [6.45, 7) is 1.93. The molecule has 0 N–H and O–H groups in total. The second-order valence-electron chi connectivity index (χ2n) is 3.81. The van der Waals surface area contributed by atoms with Crippen molar-refractivity contribution in [1.29, 1.82) is 0 Å². The van der Waals surface area contributed by atoms with E-state index in [2.05, 4.69) is 0 Å². The minimum Gasteiger partial charge on any atom is -0.460 e. The number of halogens is 1. The van der Waals surface area contributed by atoms with Crippen molar-refractivity contribution in [1.82, 2.24) is 0 Å². The number of hydrogen-bond donors (Lipinski definition) is 0. The Morgan fingerprint density at radius 1 is 1.40 bits per heavy atom. The highest BCUT2D eigenvalue weighted by atomic mass is 35.5. The Bertz CT molecular complexity index is 665. The molecule has 0 radical (unpaired) electrons. The number of non-ortho nitro benzene ring substituents is 1. The lowest BCUT2D eigenvalue weighted by Gasteiger charge is -2.01. The van der Waals surface area contributed by atoms with Crippen molar-refractivity contribution in [2.45, 2.75) is 6.92 Å². The lowest BCUT2D eigenvalue weighted by molar-refractivity contribution is -0.384. The van der Waals surface area contributed by atoms with Crippen molar-refractivity contribution in [2.24, 2.45) is 0 Å². The number of benzene rings is 1. The number of hydrogen-bond acceptors (Lipinski definition) is 5. The van der Waals surface area contributed by atoms with Gasteiger partial charge in [-0.25, -0.2) is 4.79 Å². The molecule has 7 heteroatoms. The number of ether oxygens (including phenoxy) is 1. The highest BCUT2D eigenvalue weighted by molar-refractivity contribution is 6.33. The average molecular weight is 296 g/mol. The number of esters is 1. The number of rotatable bonds is 4. The molecule has 104 valence electrons. The Morgan fingerprint density at radius 2 is 2.15 bits per heavy atom. The van der Waals surface area contributed by atoms with Gasteiger partial charge in [0.1, 0.15) is 5.76 Å². The van der Waals surface area contributed by atoms with Crippen LogP contribution in [0.1, 0.15) is 17.5 Å². The lowest BCUT2D eigenvalue weighted by atomic mass is 10.1. The molecule has 0 saturated carbocycles. The third kappa shape index (κ3) is 2.80. The summed E-state index contributed by atoms with van der Waals surface area (Å²) in [6, 6.07) is 7.02. The van der Waals surface area contributed by atoms with E-state index in [-0.39, 0.29) is 23.1 Å². The van der Waals surface area contributed by atoms with Crippen LogP contribution in [0, 0.1) is 10.1 Å². The van der Waals surface area contributed by atoms with Gasteiger partial charge >= 0.3 is 5.97 Å². The van der Waals surface area contributed by atoms with Crippen LogP contribution in [0.2, 0.25) is 5.02 Å². The Balaban J connectivity index is 2.33. The van der Waals surface area contributed by atoms with Crippen molar-refractivity contribution in [3.05, 3.63) is 51.2 Å². The number of carbonyl (C=O) groups excluding carboxylic acids is 1. The number of nitro groups is 1. The maximum Gasteiger partial charge on any atom is 0.374 e. The summed E-state index contributed by atoms with van der Waals surface area (Å²) in [7, 11) is 0. The molecule has 0 bridgehead atoms. The van der Waals surface area contributed by atoms with Crippen LogP contribution in [0.5, 0.6) is 0 Å². The number of nitrogens with zero attached hydrogens (tertiary/aromatic N) is 1. The van der Waals surface area contributed by atoms with Crippen LogP contribution < -0.4 is 0 Å². The van der Waals surface area contributed by atoms with E-state index in [1.165, 1.54) is 24.3 Å². The first-order valence-corrected chi connectivity index (χ1v) is 6.12. The third-order valence-corrected chi connectivity index (χ3v) is 2.82. The smallest absolute Gasteiger partial charge is 0.374 e. The fourth-order valence-electron chi connectivity index (χ4n) is 1.61. The zero-order chi connectivity index (χ0) is 14.7. The summed E-state index contributed by atoms with van der Waals surface area (Å²) in [4.78, 5) is 21.6. The number of nitro benzene ring substituents is 1. The molecule has 0 unspecified atom stereocenters. The van der Waals surface area contributed by atoms with Gasteiger partial charge in [0, 0.05) is 17.7 Å². The average Bonchev–Trinajstić information content (AvgIpc) is 2.88. The fourth-order valence-corrected chi connectivity index (χ4v) is 1.88. The van der Waals surface area contributed by atoms with Gasteiger partial charge in [-0.3, -0.25) is 10.1 Å². The van der Waals surface area contributed by atoms with E-state index in [0.717, 1.165) is 0 Å². The molecule has 0 fully saturated rings. The second-order valence-corrected chi connectivity index (χ2v) is 4.21. The predicted octanol–water partition coefficient (Wildman–Crippen LogP) is 3.68. The molecule has 0 saturated heterocycles. The standard InChI is InChI=1S/C13H10ClNO5/c1-2-19-13(16)12-6-5-11(20-12)9-4-3-8(15(17)18)7-10(9)14/h3-7H,2H2,1H3. The normalized spacial score (nSPS) is 10.3. The van der Waals surface area contributed by atoms with Gasteiger partial charge in [0.15, 0.2) is 0 Å².